The Morgan fingerprint density at radius 2 is 1.88 bits per heavy atom. The van der Waals surface area contributed by atoms with Crippen molar-refractivity contribution in [3.05, 3.63) is 0 Å². The molecule has 0 aromatic rings. The summed E-state index contributed by atoms with van der Waals surface area (Å²) in [6.45, 7) is 0. The van der Waals surface area contributed by atoms with Crippen molar-refractivity contribution in [2.75, 3.05) is 12.5 Å². The largest absolute Gasteiger partial charge is 0.480 e. The first-order chi connectivity index (χ1) is 3.72. The van der Waals surface area contributed by atoms with Crippen LogP contribution in [-0.2, 0) is 4.79 Å². The molecule has 0 fully saturated rings. The second-order valence-electron chi connectivity index (χ2n) is 1.14. The van der Waals surface area contributed by atoms with Crippen LogP contribution in [0.15, 0.2) is 0 Å². The fourth-order valence-corrected chi connectivity index (χ4v) is 1.47. The molecule has 0 unspecified atom stereocenters. The molecule has 2 nitrogen and oxygen atoms in total. The van der Waals surface area contributed by atoms with Gasteiger partial charge in [0.05, 0.1) is 0 Å². The normalized spacial score (nSPS) is 9.88. The maximum Gasteiger partial charge on any atom is 0.326 e. The van der Waals surface area contributed by atoms with Crippen molar-refractivity contribution < 1.29 is 9.90 Å². The third kappa shape index (κ3) is 2.47. The van der Waals surface area contributed by atoms with Gasteiger partial charge in [-0.25, -0.2) is 0 Å². The molecule has 0 spiro atoms. The number of thioether (sulfide) groups is 2. The molecule has 0 aromatic carbocycles. The first-order valence-corrected chi connectivity index (χ1v) is 4.58. The van der Waals surface area contributed by atoms with E-state index in [4.69, 9.17) is 5.11 Å². The number of hydrogen-bond donors (Lipinski definition) is 1. The van der Waals surface area contributed by atoms with Crippen LogP contribution in [-0.4, -0.2) is 28.2 Å². The summed E-state index contributed by atoms with van der Waals surface area (Å²) in [6, 6.07) is 0. The Bertz CT molecular complexity index is 80.1. The zero-order valence-electron chi connectivity index (χ0n) is 4.75. The monoisotopic (exact) mass is 152 g/mol. The maximum atomic E-state index is 10.1. The molecule has 0 aliphatic carbocycles. The van der Waals surface area contributed by atoms with Gasteiger partial charge in [0.15, 0.2) is 0 Å². The minimum Gasteiger partial charge on any atom is -0.480 e. The van der Waals surface area contributed by atoms with Crippen molar-refractivity contribution in [1.82, 2.24) is 0 Å². The van der Waals surface area contributed by atoms with Crippen LogP contribution in [0.1, 0.15) is 0 Å². The van der Waals surface area contributed by atoms with Crippen molar-refractivity contribution in [3.63, 3.8) is 0 Å². The van der Waals surface area contributed by atoms with Gasteiger partial charge in [-0.3, -0.25) is 4.79 Å². The maximum absolute atomic E-state index is 10.1. The predicted molar refractivity (Wildman–Crippen MR) is 38.5 cm³/mol. The van der Waals surface area contributed by atoms with Crippen molar-refractivity contribution >= 4 is 29.5 Å². The summed E-state index contributed by atoms with van der Waals surface area (Å²) in [5.74, 6) is -0.745. The highest BCUT2D eigenvalue weighted by Gasteiger charge is 2.11. The molecule has 0 radical (unpaired) electrons. The van der Waals surface area contributed by atoms with Gasteiger partial charge < -0.3 is 5.11 Å². The zero-order chi connectivity index (χ0) is 6.57. The van der Waals surface area contributed by atoms with Crippen LogP contribution in [0.25, 0.3) is 0 Å². The van der Waals surface area contributed by atoms with Gasteiger partial charge in [-0.15, -0.1) is 23.5 Å². The van der Waals surface area contributed by atoms with Crippen LogP contribution in [0.2, 0.25) is 0 Å². The van der Waals surface area contributed by atoms with E-state index in [9.17, 15) is 4.79 Å². The quantitative estimate of drug-likeness (QED) is 0.615. The summed E-state index contributed by atoms with van der Waals surface area (Å²) >= 11 is 2.68. The topological polar surface area (TPSA) is 37.3 Å². The number of rotatable bonds is 3. The molecule has 0 aliphatic heterocycles. The minimum absolute atomic E-state index is 0.296. The van der Waals surface area contributed by atoms with Gasteiger partial charge in [-0.1, -0.05) is 0 Å². The number of carbonyl (C=O) groups is 1. The van der Waals surface area contributed by atoms with Gasteiger partial charge >= 0.3 is 5.97 Å². The second-order valence-corrected chi connectivity index (χ2v) is 3.33. The van der Waals surface area contributed by atoms with E-state index in [1.165, 1.54) is 23.5 Å². The molecule has 0 heterocycles. The molecule has 0 bridgehead atoms. The van der Waals surface area contributed by atoms with E-state index >= 15 is 0 Å². The summed E-state index contributed by atoms with van der Waals surface area (Å²) < 4.78 is -0.296. The fourth-order valence-electron chi connectivity index (χ4n) is 0.298. The number of carboxylic acids is 1. The number of aliphatic carboxylic acids is 1. The Balaban J connectivity index is 3.52. The Labute approximate surface area is 57.0 Å². The third-order valence-corrected chi connectivity index (χ3v) is 3.04. The van der Waals surface area contributed by atoms with E-state index < -0.39 is 5.97 Å². The molecule has 4 heteroatoms. The van der Waals surface area contributed by atoms with Crippen LogP contribution >= 0.6 is 23.5 Å². The van der Waals surface area contributed by atoms with E-state index in [1.807, 2.05) is 0 Å². The van der Waals surface area contributed by atoms with Crippen LogP contribution in [0.3, 0.4) is 0 Å². The van der Waals surface area contributed by atoms with Crippen molar-refractivity contribution in [2.24, 2.45) is 0 Å². The lowest BCUT2D eigenvalue weighted by molar-refractivity contribution is -0.134. The molecular weight excluding hydrogens is 144 g/mol. The second kappa shape index (κ2) is 4.09. The molecule has 0 amide bonds. The lowest BCUT2D eigenvalue weighted by Gasteiger charge is -2.01. The Kier molecular flexibility index (Phi) is 4.18. The van der Waals surface area contributed by atoms with Gasteiger partial charge in [-0.2, -0.15) is 0 Å². The van der Waals surface area contributed by atoms with E-state index in [-0.39, 0.29) is 4.58 Å². The minimum atomic E-state index is -0.745. The van der Waals surface area contributed by atoms with Crippen molar-refractivity contribution in [2.45, 2.75) is 4.58 Å². The van der Waals surface area contributed by atoms with Crippen LogP contribution in [0.5, 0.6) is 0 Å². The highest BCUT2D eigenvalue weighted by Crippen LogP contribution is 2.17. The van der Waals surface area contributed by atoms with Gasteiger partial charge in [0.25, 0.3) is 0 Å². The van der Waals surface area contributed by atoms with E-state index in [0.717, 1.165) is 0 Å². The van der Waals surface area contributed by atoms with Crippen molar-refractivity contribution in [1.29, 1.82) is 0 Å². The average molecular weight is 152 g/mol. The Morgan fingerprint density at radius 1 is 1.50 bits per heavy atom. The van der Waals surface area contributed by atoms with Crippen LogP contribution in [0, 0.1) is 0 Å². The summed E-state index contributed by atoms with van der Waals surface area (Å²) in [7, 11) is 0. The van der Waals surface area contributed by atoms with Crippen LogP contribution < -0.4 is 0 Å². The standard InChI is InChI=1S/C4H8O2S2/c1-7-4(8-2)3(5)6/h4H,1-2H3,(H,5,6). The van der Waals surface area contributed by atoms with E-state index in [1.54, 1.807) is 12.5 Å². The van der Waals surface area contributed by atoms with Gasteiger partial charge in [-0.05, 0) is 12.5 Å². The van der Waals surface area contributed by atoms with Crippen LogP contribution in [0.4, 0.5) is 0 Å². The highest BCUT2D eigenvalue weighted by molar-refractivity contribution is 8.17. The highest BCUT2D eigenvalue weighted by atomic mass is 32.2. The first-order valence-electron chi connectivity index (χ1n) is 2.00. The molecule has 48 valence electrons. The predicted octanol–water partition coefficient (Wildman–Crippen LogP) is 1.12. The summed E-state index contributed by atoms with van der Waals surface area (Å²) in [5, 5.41) is 8.33. The molecule has 0 saturated heterocycles. The smallest absolute Gasteiger partial charge is 0.326 e. The molecule has 0 aliphatic rings. The molecule has 0 atom stereocenters. The summed E-state index contributed by atoms with van der Waals surface area (Å²) in [4.78, 5) is 10.1. The summed E-state index contributed by atoms with van der Waals surface area (Å²) in [5.41, 5.74) is 0. The molecule has 0 saturated carbocycles. The fraction of sp³-hybridized carbons (Fsp3) is 0.750. The lowest BCUT2D eigenvalue weighted by Crippen LogP contribution is -2.10. The molecule has 0 aromatic heterocycles. The SMILES string of the molecule is CSC(SC)C(=O)O. The number of carboxylic acid groups (broad SMARTS) is 1. The zero-order valence-corrected chi connectivity index (χ0v) is 6.38. The van der Waals surface area contributed by atoms with E-state index in [2.05, 4.69) is 0 Å². The molecule has 8 heavy (non-hydrogen) atoms. The van der Waals surface area contributed by atoms with E-state index in [0.29, 0.717) is 0 Å². The lowest BCUT2D eigenvalue weighted by atomic mass is 10.8. The van der Waals surface area contributed by atoms with Gasteiger partial charge in [0.1, 0.15) is 4.58 Å². The van der Waals surface area contributed by atoms with Crippen molar-refractivity contribution in [3.8, 4) is 0 Å². The average Bonchev–Trinajstić information content (AvgIpc) is 1.69. The summed E-state index contributed by atoms with van der Waals surface area (Å²) in [6.07, 6.45) is 3.57. The van der Waals surface area contributed by atoms with Gasteiger partial charge in [0.2, 0.25) is 0 Å². The number of hydrogen-bond acceptors (Lipinski definition) is 3. The third-order valence-electron chi connectivity index (χ3n) is 0.630. The molecular formula is C4H8O2S2. The molecule has 1 N–H and O–H groups in total. The molecule has 0 rings (SSSR count). The Hall–Kier alpha value is 0.170. The first kappa shape index (κ1) is 8.17. The Morgan fingerprint density at radius 3 is 1.88 bits per heavy atom. The van der Waals surface area contributed by atoms with Gasteiger partial charge in [0, 0.05) is 0 Å².